The van der Waals surface area contributed by atoms with Gasteiger partial charge < -0.3 is 4.74 Å². The second-order valence-electron chi connectivity index (χ2n) is 3.42. The van der Waals surface area contributed by atoms with Gasteiger partial charge in [-0.1, -0.05) is 0 Å². The van der Waals surface area contributed by atoms with Crippen molar-refractivity contribution in [2.75, 3.05) is 33.8 Å². The maximum absolute atomic E-state index is 12.2. The highest BCUT2D eigenvalue weighted by atomic mass is 32.2. The van der Waals surface area contributed by atoms with Crippen LogP contribution < -0.4 is 0 Å². The molecule has 0 spiro atoms. The summed E-state index contributed by atoms with van der Waals surface area (Å²) in [6.45, 7) is 6.60. The quantitative estimate of drug-likeness (QED) is 0.680. The van der Waals surface area contributed by atoms with Gasteiger partial charge in [-0.3, -0.25) is 0 Å². The van der Waals surface area contributed by atoms with Gasteiger partial charge in [0.15, 0.2) is 0 Å². The van der Waals surface area contributed by atoms with Crippen LogP contribution >= 0.6 is 0 Å². The van der Waals surface area contributed by atoms with Crippen molar-refractivity contribution in [1.82, 2.24) is 4.31 Å². The first-order valence-corrected chi connectivity index (χ1v) is 6.65. The van der Waals surface area contributed by atoms with Crippen molar-refractivity contribution in [2.24, 2.45) is 0 Å². The van der Waals surface area contributed by atoms with E-state index in [0.717, 1.165) is 7.11 Å². The van der Waals surface area contributed by atoms with Gasteiger partial charge in [-0.2, -0.15) is 12.7 Å². The van der Waals surface area contributed by atoms with Crippen LogP contribution in [0.4, 0.5) is 4.79 Å². The average Bonchev–Trinajstić information content (AvgIpc) is 2.29. The highest BCUT2D eigenvalue weighted by molar-refractivity contribution is 7.84. The van der Waals surface area contributed by atoms with Crippen molar-refractivity contribution < 1.29 is 21.8 Å². The normalized spacial score (nSPS) is 12.3. The van der Waals surface area contributed by atoms with Crippen molar-refractivity contribution in [2.45, 2.75) is 20.8 Å². The lowest BCUT2D eigenvalue weighted by atomic mass is 10.5. The molecule has 0 aliphatic rings. The van der Waals surface area contributed by atoms with Crippen LogP contribution in [0.1, 0.15) is 20.8 Å². The van der Waals surface area contributed by atoms with Gasteiger partial charge in [0.2, 0.25) is 0 Å². The first kappa shape index (κ1) is 15.2. The van der Waals surface area contributed by atoms with Crippen LogP contribution in [0.2, 0.25) is 0 Å². The number of amides is 1. The largest absolute Gasteiger partial charge is 0.452 e. The van der Waals surface area contributed by atoms with Crippen molar-refractivity contribution in [3.63, 3.8) is 0 Å². The van der Waals surface area contributed by atoms with E-state index in [1.807, 2.05) is 0 Å². The SMILES string of the molecule is CC[N+](CC)(CC)S(=O)(=O)N(C)C(=O)OC. The average molecular weight is 253 g/mol. The number of hydrogen-bond acceptors (Lipinski definition) is 4. The van der Waals surface area contributed by atoms with Gasteiger partial charge in [0.05, 0.1) is 26.7 Å². The third-order valence-corrected chi connectivity index (χ3v) is 5.59. The van der Waals surface area contributed by atoms with Gasteiger partial charge >= 0.3 is 16.3 Å². The predicted molar refractivity (Wildman–Crippen MR) is 61.0 cm³/mol. The summed E-state index contributed by atoms with van der Waals surface area (Å²) < 4.78 is 29.4. The van der Waals surface area contributed by atoms with E-state index in [0.29, 0.717) is 23.9 Å². The standard InChI is InChI=1S/C9H21N2O4S/c1-6-11(7-2,8-3)16(13,14)10(4)9(12)15-5/h6-8H2,1-5H3/q+1. The highest BCUT2D eigenvalue weighted by Gasteiger charge is 2.43. The van der Waals surface area contributed by atoms with Crippen LogP contribution in [0.3, 0.4) is 0 Å². The van der Waals surface area contributed by atoms with Crippen LogP contribution in [-0.4, -0.2) is 56.5 Å². The molecule has 0 aromatic heterocycles. The number of carbonyl (C=O) groups is 1. The molecule has 0 aliphatic carbocycles. The van der Waals surface area contributed by atoms with E-state index < -0.39 is 16.3 Å². The topological polar surface area (TPSA) is 63.7 Å². The molecule has 0 radical (unpaired) electrons. The molecule has 0 N–H and O–H groups in total. The van der Waals surface area contributed by atoms with Crippen LogP contribution in [0.15, 0.2) is 0 Å². The number of methoxy groups -OCH3 is 1. The minimum Gasteiger partial charge on any atom is -0.452 e. The third-order valence-electron chi connectivity index (χ3n) is 3.00. The zero-order chi connectivity index (χ0) is 13.0. The summed E-state index contributed by atoms with van der Waals surface area (Å²) in [6, 6.07) is 0. The molecule has 0 aliphatic heterocycles. The molecule has 7 heteroatoms. The van der Waals surface area contributed by atoms with Crippen molar-refractivity contribution in [1.29, 1.82) is 0 Å². The molecule has 0 bridgehead atoms. The summed E-state index contributed by atoms with van der Waals surface area (Å²) in [4.78, 5) is 11.3. The van der Waals surface area contributed by atoms with Crippen LogP contribution in [0.25, 0.3) is 0 Å². The Balaban J connectivity index is 5.40. The number of ether oxygens (including phenoxy) is 1. The maximum Gasteiger partial charge on any atom is 0.427 e. The first-order valence-electron chi connectivity index (χ1n) is 5.26. The molecule has 0 atom stereocenters. The fraction of sp³-hybridized carbons (Fsp3) is 0.889. The Morgan fingerprint density at radius 2 is 1.56 bits per heavy atom. The maximum atomic E-state index is 12.2. The molecule has 0 aromatic carbocycles. The molecule has 0 saturated heterocycles. The molecule has 6 nitrogen and oxygen atoms in total. The lowest BCUT2D eigenvalue weighted by molar-refractivity contribution is -0.802. The van der Waals surface area contributed by atoms with E-state index >= 15 is 0 Å². The van der Waals surface area contributed by atoms with E-state index in [-0.39, 0.29) is 3.89 Å². The molecule has 96 valence electrons. The second-order valence-corrected chi connectivity index (χ2v) is 5.64. The van der Waals surface area contributed by atoms with Gasteiger partial charge in [0.25, 0.3) is 0 Å². The van der Waals surface area contributed by atoms with E-state index in [9.17, 15) is 13.2 Å². The second kappa shape index (κ2) is 5.49. The minimum absolute atomic E-state index is 0.154. The van der Waals surface area contributed by atoms with Crippen LogP contribution in [0, 0.1) is 0 Å². The van der Waals surface area contributed by atoms with Crippen molar-refractivity contribution >= 4 is 16.3 Å². The zero-order valence-corrected chi connectivity index (χ0v) is 11.4. The van der Waals surface area contributed by atoms with E-state index in [1.165, 1.54) is 7.05 Å². The monoisotopic (exact) mass is 253 g/mol. The fourth-order valence-corrected chi connectivity index (χ4v) is 3.40. The Kier molecular flexibility index (Phi) is 5.21. The van der Waals surface area contributed by atoms with E-state index in [2.05, 4.69) is 4.74 Å². The van der Waals surface area contributed by atoms with Crippen molar-refractivity contribution in [3.05, 3.63) is 0 Å². The predicted octanol–water partition coefficient (Wildman–Crippen LogP) is 0.806. The Hall–Kier alpha value is -0.820. The molecule has 0 heterocycles. The fourth-order valence-electron chi connectivity index (χ4n) is 1.64. The number of rotatable bonds is 5. The van der Waals surface area contributed by atoms with Gasteiger partial charge in [-0.25, -0.2) is 8.68 Å². The number of carbonyl (C=O) groups excluding carboxylic acids is 1. The van der Waals surface area contributed by atoms with Gasteiger partial charge in [0.1, 0.15) is 0 Å². The summed E-state index contributed by atoms with van der Waals surface area (Å²) in [6.07, 6.45) is -0.863. The summed E-state index contributed by atoms with van der Waals surface area (Å²) in [7, 11) is -1.35. The molecule has 0 aromatic rings. The van der Waals surface area contributed by atoms with Crippen LogP contribution in [0.5, 0.6) is 0 Å². The van der Waals surface area contributed by atoms with Gasteiger partial charge in [0, 0.05) is 7.05 Å². The molecule has 0 rings (SSSR count). The van der Waals surface area contributed by atoms with Crippen LogP contribution in [-0.2, 0) is 14.9 Å². The summed E-state index contributed by atoms with van der Waals surface area (Å²) in [5.41, 5.74) is 0. The zero-order valence-electron chi connectivity index (χ0n) is 10.6. The molecule has 0 fully saturated rings. The summed E-state index contributed by atoms with van der Waals surface area (Å²) in [5, 5.41) is 0. The number of hydrogen-bond donors (Lipinski definition) is 0. The molecule has 16 heavy (non-hydrogen) atoms. The van der Waals surface area contributed by atoms with Gasteiger partial charge in [-0.05, 0) is 20.8 Å². The number of nitrogens with zero attached hydrogens (tertiary/aromatic N) is 2. The highest BCUT2D eigenvalue weighted by Crippen LogP contribution is 2.18. The van der Waals surface area contributed by atoms with Crippen molar-refractivity contribution in [3.8, 4) is 0 Å². The Bertz CT molecular complexity index is 327. The Morgan fingerprint density at radius 1 is 1.19 bits per heavy atom. The Labute approximate surface area is 97.6 Å². The van der Waals surface area contributed by atoms with Gasteiger partial charge in [-0.15, -0.1) is 0 Å². The molecular weight excluding hydrogens is 232 g/mol. The Morgan fingerprint density at radius 3 is 1.81 bits per heavy atom. The lowest BCUT2D eigenvalue weighted by Gasteiger charge is -2.35. The summed E-state index contributed by atoms with van der Waals surface area (Å²) in [5.74, 6) is 0. The minimum atomic E-state index is -3.73. The molecule has 0 saturated carbocycles. The summed E-state index contributed by atoms with van der Waals surface area (Å²) >= 11 is 0. The molecule has 1 amide bonds. The number of quaternary nitrogens is 1. The lowest BCUT2D eigenvalue weighted by Crippen LogP contribution is -2.58. The molecular formula is C9H21N2O4S+. The molecule has 0 unspecified atom stereocenters. The smallest absolute Gasteiger partial charge is 0.427 e. The van der Waals surface area contributed by atoms with E-state index in [4.69, 9.17) is 0 Å². The van der Waals surface area contributed by atoms with E-state index in [1.54, 1.807) is 20.8 Å². The first-order chi connectivity index (χ1) is 7.32. The third kappa shape index (κ3) is 2.30.